The first kappa shape index (κ1) is 28.2. The van der Waals surface area contributed by atoms with Crippen LogP contribution in [-0.4, -0.2) is 75.5 Å². The second kappa shape index (κ2) is 11.2. The average Bonchev–Trinajstić information content (AvgIpc) is 2.93. The molecule has 3 fully saturated rings. The quantitative estimate of drug-likeness (QED) is 0.465. The van der Waals surface area contributed by atoms with E-state index in [0.717, 1.165) is 44.0 Å². The number of hydrogen-bond donors (Lipinski definition) is 0. The van der Waals surface area contributed by atoms with Crippen molar-refractivity contribution < 1.29 is 26.0 Å². The molecule has 6 nitrogen and oxygen atoms in total. The summed E-state index contributed by atoms with van der Waals surface area (Å²) in [6.07, 6.45) is 1.73. The highest BCUT2D eigenvalue weighted by Crippen LogP contribution is 2.38. The number of anilines is 2. The van der Waals surface area contributed by atoms with Crippen LogP contribution in [0.4, 0.5) is 28.9 Å². The number of alkyl halides is 3. The molecule has 2 aromatic rings. The maximum Gasteiger partial charge on any atom is 0.418 e. The average molecular weight is 569 g/mol. The van der Waals surface area contributed by atoms with Gasteiger partial charge >= 0.3 is 6.18 Å². The van der Waals surface area contributed by atoms with Crippen LogP contribution in [-0.2, 0) is 16.2 Å². The van der Waals surface area contributed by atoms with Gasteiger partial charge in [0.05, 0.1) is 10.5 Å². The molecule has 5 rings (SSSR count). The van der Waals surface area contributed by atoms with Gasteiger partial charge < -0.3 is 9.80 Å². The summed E-state index contributed by atoms with van der Waals surface area (Å²) in [6.45, 7) is 5.46. The van der Waals surface area contributed by atoms with Crippen LogP contribution in [0.25, 0.3) is 0 Å². The second-order valence-electron chi connectivity index (χ2n) is 10.9. The summed E-state index contributed by atoms with van der Waals surface area (Å²) in [5.41, 5.74) is -0.323. The zero-order valence-corrected chi connectivity index (χ0v) is 23.0. The summed E-state index contributed by atoms with van der Waals surface area (Å²) in [5, 5.41) is 0. The maximum atomic E-state index is 13.7. The van der Waals surface area contributed by atoms with Crippen molar-refractivity contribution >= 4 is 21.4 Å². The molecule has 0 amide bonds. The van der Waals surface area contributed by atoms with Crippen LogP contribution >= 0.6 is 0 Å². The van der Waals surface area contributed by atoms with E-state index in [1.54, 1.807) is 25.1 Å². The molecule has 0 spiro atoms. The first-order chi connectivity index (χ1) is 18.5. The van der Waals surface area contributed by atoms with E-state index in [-0.39, 0.29) is 30.2 Å². The van der Waals surface area contributed by atoms with E-state index in [1.807, 2.05) is 6.07 Å². The second-order valence-corrected chi connectivity index (χ2v) is 12.8. The maximum absolute atomic E-state index is 13.7. The largest absolute Gasteiger partial charge is 0.418 e. The lowest BCUT2D eigenvalue weighted by Gasteiger charge is -2.42. The molecule has 2 saturated heterocycles. The fraction of sp³-hybridized carbons (Fsp3) is 0.571. The topological polar surface area (TPSA) is 47.1 Å². The molecule has 0 radical (unpaired) electrons. The van der Waals surface area contributed by atoms with Crippen LogP contribution in [0.15, 0.2) is 47.4 Å². The van der Waals surface area contributed by atoms with E-state index >= 15 is 0 Å². The molecule has 11 heteroatoms. The van der Waals surface area contributed by atoms with Gasteiger partial charge in [0.25, 0.3) is 0 Å². The third kappa shape index (κ3) is 6.05. The number of piperazine rings is 2. The predicted octanol–water partition coefficient (Wildman–Crippen LogP) is 5.20. The molecule has 2 aliphatic heterocycles. The molecule has 0 N–H and O–H groups in total. The van der Waals surface area contributed by atoms with Crippen LogP contribution in [0.2, 0.25) is 0 Å². The Kier molecular flexibility index (Phi) is 8.13. The number of benzene rings is 2. The van der Waals surface area contributed by atoms with Crippen molar-refractivity contribution in [2.75, 3.05) is 55.6 Å². The third-order valence-electron chi connectivity index (χ3n) is 8.37. The van der Waals surface area contributed by atoms with Gasteiger partial charge in [0.2, 0.25) is 10.0 Å². The molecule has 1 atom stereocenters. The van der Waals surface area contributed by atoms with E-state index in [9.17, 15) is 26.0 Å². The number of halogens is 4. The smallest absolute Gasteiger partial charge is 0.369 e. The Morgan fingerprint density at radius 2 is 1.54 bits per heavy atom. The summed E-state index contributed by atoms with van der Waals surface area (Å²) >= 11 is 0. The highest BCUT2D eigenvalue weighted by atomic mass is 32.2. The van der Waals surface area contributed by atoms with E-state index in [0.29, 0.717) is 12.1 Å². The van der Waals surface area contributed by atoms with Gasteiger partial charge in [-0.25, -0.2) is 12.8 Å². The summed E-state index contributed by atoms with van der Waals surface area (Å²) < 4.78 is 83.0. The first-order valence-corrected chi connectivity index (χ1v) is 15.2. The van der Waals surface area contributed by atoms with Crippen LogP contribution in [0.1, 0.15) is 44.6 Å². The monoisotopic (exact) mass is 568 g/mol. The van der Waals surface area contributed by atoms with Gasteiger partial charge in [-0.3, -0.25) is 4.90 Å². The SMILES string of the molecule is C[C@@H]1CN(c2ccc(F)cc2C(F)(F)F)CCN1S(=O)(=O)c1cccc(N2CCN(C3CCCCC3)CC2)c1. The van der Waals surface area contributed by atoms with Gasteiger partial charge in [-0.2, -0.15) is 17.5 Å². The number of hydrogen-bond acceptors (Lipinski definition) is 5. The van der Waals surface area contributed by atoms with E-state index in [1.165, 1.54) is 41.3 Å². The molecule has 39 heavy (non-hydrogen) atoms. The summed E-state index contributed by atoms with van der Waals surface area (Å²) in [7, 11) is -3.86. The van der Waals surface area contributed by atoms with Gasteiger partial charge in [-0.05, 0) is 56.2 Å². The minimum Gasteiger partial charge on any atom is -0.369 e. The first-order valence-electron chi connectivity index (χ1n) is 13.8. The highest BCUT2D eigenvalue weighted by molar-refractivity contribution is 7.89. The third-order valence-corrected chi connectivity index (χ3v) is 10.4. The zero-order chi connectivity index (χ0) is 27.8. The van der Waals surface area contributed by atoms with Gasteiger partial charge in [0.1, 0.15) is 5.82 Å². The van der Waals surface area contributed by atoms with E-state index in [4.69, 9.17) is 0 Å². The van der Waals surface area contributed by atoms with Crippen molar-refractivity contribution in [1.82, 2.24) is 9.21 Å². The standard InChI is InChI=1S/C28H36F4N4O2S/c1-21-20-35(27-11-10-22(29)18-26(27)28(30,31)32)16-17-36(21)39(37,38)25-9-5-8-24(19-25)34-14-12-33(13-15-34)23-6-3-2-4-7-23/h5,8-11,18-19,21,23H,2-4,6-7,12-17,20H2,1H3/t21-/m1/s1. The minimum absolute atomic E-state index is 0.0302. The van der Waals surface area contributed by atoms with Gasteiger partial charge in [0.15, 0.2) is 0 Å². The molecule has 1 aliphatic carbocycles. The van der Waals surface area contributed by atoms with Gasteiger partial charge in [-0.15, -0.1) is 0 Å². The normalized spacial score (nSPS) is 22.8. The lowest BCUT2D eigenvalue weighted by atomic mass is 9.94. The van der Waals surface area contributed by atoms with Crippen molar-refractivity contribution in [2.45, 2.75) is 62.2 Å². The lowest BCUT2D eigenvalue weighted by Crippen LogP contribution is -2.54. The van der Waals surface area contributed by atoms with Crippen molar-refractivity contribution in [3.8, 4) is 0 Å². The Hall–Kier alpha value is -2.37. The van der Waals surface area contributed by atoms with E-state index < -0.39 is 33.6 Å². The number of rotatable bonds is 5. The highest BCUT2D eigenvalue weighted by Gasteiger charge is 2.39. The van der Waals surface area contributed by atoms with Crippen molar-refractivity contribution in [3.63, 3.8) is 0 Å². The Balaban J connectivity index is 1.27. The van der Waals surface area contributed by atoms with Gasteiger partial charge in [-0.1, -0.05) is 25.3 Å². The van der Waals surface area contributed by atoms with Crippen LogP contribution in [0.3, 0.4) is 0 Å². The van der Waals surface area contributed by atoms with Crippen LogP contribution in [0, 0.1) is 5.82 Å². The van der Waals surface area contributed by atoms with Crippen molar-refractivity contribution in [3.05, 3.63) is 53.8 Å². The van der Waals surface area contributed by atoms with Crippen molar-refractivity contribution in [1.29, 1.82) is 0 Å². The predicted molar refractivity (Wildman–Crippen MR) is 144 cm³/mol. The Morgan fingerprint density at radius 1 is 0.846 bits per heavy atom. The number of sulfonamides is 1. The van der Waals surface area contributed by atoms with E-state index in [2.05, 4.69) is 9.80 Å². The van der Waals surface area contributed by atoms with Crippen LogP contribution in [0.5, 0.6) is 0 Å². The molecule has 2 heterocycles. The molecule has 2 aromatic carbocycles. The molecular weight excluding hydrogens is 532 g/mol. The summed E-state index contributed by atoms with van der Waals surface area (Å²) in [5.74, 6) is -0.962. The molecule has 0 bridgehead atoms. The van der Waals surface area contributed by atoms with Crippen LogP contribution < -0.4 is 9.80 Å². The Morgan fingerprint density at radius 3 is 2.21 bits per heavy atom. The van der Waals surface area contributed by atoms with Crippen molar-refractivity contribution in [2.24, 2.45) is 0 Å². The molecule has 3 aliphatic rings. The van der Waals surface area contributed by atoms with Gasteiger partial charge in [0, 0.05) is 69.3 Å². The Labute approximate surface area is 228 Å². The zero-order valence-electron chi connectivity index (χ0n) is 22.2. The Bertz CT molecular complexity index is 1260. The minimum atomic E-state index is -4.72. The molecule has 214 valence electrons. The summed E-state index contributed by atoms with van der Waals surface area (Å²) in [4.78, 5) is 6.48. The fourth-order valence-corrected chi connectivity index (χ4v) is 7.95. The number of nitrogens with zero attached hydrogens (tertiary/aromatic N) is 4. The molecular formula is C28H36F4N4O2S. The molecule has 1 saturated carbocycles. The summed E-state index contributed by atoms with van der Waals surface area (Å²) in [6, 6.07) is 9.68. The fourth-order valence-electron chi connectivity index (χ4n) is 6.30. The lowest BCUT2D eigenvalue weighted by molar-refractivity contribution is -0.137. The molecule has 0 unspecified atom stereocenters. The molecule has 0 aromatic heterocycles.